The van der Waals surface area contributed by atoms with Crippen molar-refractivity contribution in [1.29, 1.82) is 0 Å². The number of nitrogens with zero attached hydrogens (tertiary/aromatic N) is 2. The summed E-state index contributed by atoms with van der Waals surface area (Å²) >= 11 is 0.719. The van der Waals surface area contributed by atoms with Crippen LogP contribution in [0.2, 0.25) is 0 Å². The molecule has 0 saturated carbocycles. The second kappa shape index (κ2) is 11.1. The zero-order chi connectivity index (χ0) is 24.9. The number of thioether (sulfide) groups is 1. The summed E-state index contributed by atoms with van der Waals surface area (Å²) in [5.41, 5.74) is -1.89. The van der Waals surface area contributed by atoms with E-state index in [9.17, 15) is 28.8 Å². The van der Waals surface area contributed by atoms with Crippen molar-refractivity contribution in [3.8, 4) is 0 Å². The molecule has 1 aromatic rings. The number of H-pyrrole nitrogens is 1. The Hall–Kier alpha value is -3.20. The number of rotatable bonds is 8. The van der Waals surface area contributed by atoms with Crippen LogP contribution in [-0.2, 0) is 42.9 Å². The number of nitrogens with one attached hydrogen (secondary N) is 1. The Balaban J connectivity index is 2.50. The molecule has 0 aromatic carbocycles. The molecule has 2 rings (SSSR count). The number of hydrogen-bond donors (Lipinski definition) is 1. The molecular weight excluding hydrogens is 466 g/mol. The minimum Gasteiger partial charge on any atom is -0.468 e. The number of carbonyl (C=O) groups is 4. The van der Waals surface area contributed by atoms with Crippen molar-refractivity contribution in [2.75, 3.05) is 13.7 Å². The van der Waals surface area contributed by atoms with Crippen molar-refractivity contribution in [1.82, 2.24) is 14.8 Å². The van der Waals surface area contributed by atoms with Gasteiger partial charge < -0.3 is 23.7 Å². The first-order valence-electron chi connectivity index (χ1n) is 9.55. The van der Waals surface area contributed by atoms with E-state index in [1.807, 2.05) is 4.98 Å². The predicted octanol–water partition coefficient (Wildman–Crippen LogP) is -1.09. The molecule has 2 heterocycles. The van der Waals surface area contributed by atoms with Crippen LogP contribution in [0, 0.1) is 0 Å². The molecule has 1 aliphatic heterocycles. The Morgan fingerprint density at radius 1 is 1.09 bits per heavy atom. The van der Waals surface area contributed by atoms with Crippen molar-refractivity contribution < 1.29 is 42.9 Å². The van der Waals surface area contributed by atoms with E-state index in [1.54, 1.807) is 0 Å². The molecular formula is C18H23N3O11S. The van der Waals surface area contributed by atoms with E-state index in [0.717, 1.165) is 32.5 Å². The second-order valence-electron chi connectivity index (χ2n) is 6.81. The number of methoxy groups -OCH3 is 1. The van der Waals surface area contributed by atoms with Crippen LogP contribution in [0.5, 0.6) is 0 Å². The SMILES string of the molecule is COC(=O)C(C)Sc1nn(C2OC(COC(C)=O)C(OC(C)=O)C2OC(C)=O)c(=O)[nH]c1=O. The van der Waals surface area contributed by atoms with Gasteiger partial charge in [0.25, 0.3) is 5.56 Å². The van der Waals surface area contributed by atoms with E-state index < -0.39 is 64.9 Å². The minimum atomic E-state index is -1.46. The number of esters is 4. The minimum absolute atomic E-state index is 0.273. The predicted molar refractivity (Wildman–Crippen MR) is 108 cm³/mol. The molecule has 0 bridgehead atoms. The third-order valence-corrected chi connectivity index (χ3v) is 5.26. The molecule has 5 unspecified atom stereocenters. The van der Waals surface area contributed by atoms with Gasteiger partial charge in [-0.05, 0) is 6.92 Å². The number of aromatic amines is 1. The van der Waals surface area contributed by atoms with Crippen LogP contribution in [0.25, 0.3) is 0 Å². The first kappa shape index (κ1) is 26.1. The largest absolute Gasteiger partial charge is 0.468 e. The highest BCUT2D eigenvalue weighted by Gasteiger charge is 2.51. The lowest BCUT2D eigenvalue weighted by Crippen LogP contribution is -2.43. The van der Waals surface area contributed by atoms with Crippen LogP contribution in [0.15, 0.2) is 14.6 Å². The average molecular weight is 489 g/mol. The maximum absolute atomic E-state index is 12.5. The van der Waals surface area contributed by atoms with E-state index >= 15 is 0 Å². The smallest absolute Gasteiger partial charge is 0.347 e. The fourth-order valence-electron chi connectivity index (χ4n) is 2.92. The molecule has 15 heteroatoms. The van der Waals surface area contributed by atoms with Crippen LogP contribution in [0.3, 0.4) is 0 Å². The monoisotopic (exact) mass is 489 g/mol. The summed E-state index contributed by atoms with van der Waals surface area (Å²) in [5, 5.41) is 2.85. The van der Waals surface area contributed by atoms with Gasteiger partial charge in [0.05, 0.1) is 7.11 Å². The van der Waals surface area contributed by atoms with Crippen LogP contribution in [0.1, 0.15) is 33.9 Å². The van der Waals surface area contributed by atoms with E-state index in [4.69, 9.17) is 18.9 Å². The Labute approximate surface area is 190 Å². The molecule has 0 amide bonds. The molecule has 1 fully saturated rings. The highest BCUT2D eigenvalue weighted by molar-refractivity contribution is 8.00. The Morgan fingerprint density at radius 3 is 2.24 bits per heavy atom. The lowest BCUT2D eigenvalue weighted by Gasteiger charge is -2.23. The Kier molecular flexibility index (Phi) is 8.76. The summed E-state index contributed by atoms with van der Waals surface area (Å²) in [6, 6.07) is 0. The highest BCUT2D eigenvalue weighted by Crippen LogP contribution is 2.33. The van der Waals surface area contributed by atoms with Gasteiger partial charge in [-0.25, -0.2) is 4.79 Å². The van der Waals surface area contributed by atoms with Crippen LogP contribution >= 0.6 is 11.8 Å². The van der Waals surface area contributed by atoms with Gasteiger partial charge in [0.2, 0.25) is 0 Å². The van der Waals surface area contributed by atoms with Gasteiger partial charge in [-0.15, -0.1) is 0 Å². The summed E-state index contributed by atoms with van der Waals surface area (Å²) in [6.07, 6.45) is -5.23. The van der Waals surface area contributed by atoms with E-state index in [-0.39, 0.29) is 11.6 Å². The molecule has 1 aliphatic rings. The number of ether oxygens (including phenoxy) is 5. The van der Waals surface area contributed by atoms with Crippen LogP contribution in [-0.4, -0.2) is 75.9 Å². The zero-order valence-electron chi connectivity index (χ0n) is 18.4. The second-order valence-corrected chi connectivity index (χ2v) is 8.14. The zero-order valence-corrected chi connectivity index (χ0v) is 19.2. The summed E-state index contributed by atoms with van der Waals surface area (Å²) < 4.78 is 26.4. The molecule has 182 valence electrons. The standard InChI is InChI=1S/C18H23N3O11S/c1-7(17(26)28-5)33-15-14(25)19-18(27)21(20-15)16-13(31-10(4)24)12(30-9(3)23)11(32-16)6-29-8(2)22/h7,11-13,16H,6H2,1-5H3,(H,19,25,27). The molecule has 33 heavy (non-hydrogen) atoms. The van der Waals surface area contributed by atoms with Gasteiger partial charge in [-0.2, -0.15) is 9.78 Å². The number of aromatic nitrogens is 3. The van der Waals surface area contributed by atoms with E-state index in [1.165, 1.54) is 14.0 Å². The van der Waals surface area contributed by atoms with Gasteiger partial charge in [-0.1, -0.05) is 11.8 Å². The van der Waals surface area contributed by atoms with Crippen molar-refractivity contribution in [3.05, 3.63) is 20.8 Å². The van der Waals surface area contributed by atoms with Crippen LogP contribution < -0.4 is 11.2 Å². The molecule has 14 nitrogen and oxygen atoms in total. The van der Waals surface area contributed by atoms with Crippen LogP contribution in [0.4, 0.5) is 0 Å². The van der Waals surface area contributed by atoms with Crippen molar-refractivity contribution in [3.63, 3.8) is 0 Å². The first-order chi connectivity index (χ1) is 15.4. The fourth-order valence-corrected chi connectivity index (χ4v) is 3.74. The summed E-state index contributed by atoms with van der Waals surface area (Å²) in [7, 11) is 1.17. The molecule has 0 radical (unpaired) electrons. The lowest BCUT2D eigenvalue weighted by molar-refractivity contribution is -0.166. The molecule has 1 saturated heterocycles. The van der Waals surface area contributed by atoms with Crippen molar-refractivity contribution in [2.45, 2.75) is 62.5 Å². The quantitative estimate of drug-likeness (QED) is 0.264. The molecule has 1 N–H and O–H groups in total. The van der Waals surface area contributed by atoms with E-state index in [0.29, 0.717) is 4.68 Å². The molecule has 0 spiro atoms. The Morgan fingerprint density at radius 2 is 1.70 bits per heavy atom. The highest BCUT2D eigenvalue weighted by atomic mass is 32.2. The maximum atomic E-state index is 12.5. The van der Waals surface area contributed by atoms with Gasteiger partial charge >= 0.3 is 29.6 Å². The summed E-state index contributed by atoms with van der Waals surface area (Å²) in [6.45, 7) is 4.42. The maximum Gasteiger partial charge on any atom is 0.347 e. The first-order valence-corrected chi connectivity index (χ1v) is 10.4. The molecule has 1 aromatic heterocycles. The fraction of sp³-hybridized carbons (Fsp3) is 0.611. The third-order valence-electron chi connectivity index (χ3n) is 4.22. The van der Waals surface area contributed by atoms with E-state index in [2.05, 4.69) is 9.84 Å². The summed E-state index contributed by atoms with van der Waals surface area (Å²) in [4.78, 5) is 73.1. The van der Waals surface area contributed by atoms with Crippen molar-refractivity contribution in [2.24, 2.45) is 0 Å². The third kappa shape index (κ3) is 6.64. The van der Waals surface area contributed by atoms with Crippen molar-refractivity contribution >= 4 is 35.6 Å². The van der Waals surface area contributed by atoms with Gasteiger partial charge in [0.15, 0.2) is 23.5 Å². The number of carbonyl (C=O) groups excluding carboxylic acids is 4. The van der Waals surface area contributed by atoms with Gasteiger partial charge in [-0.3, -0.25) is 29.0 Å². The topological polar surface area (TPSA) is 182 Å². The van der Waals surface area contributed by atoms with Gasteiger partial charge in [0, 0.05) is 20.8 Å². The molecule has 5 atom stereocenters. The average Bonchev–Trinajstić information content (AvgIpc) is 3.03. The summed E-state index contributed by atoms with van der Waals surface area (Å²) in [5.74, 6) is -2.82. The normalized spacial score (nSPS) is 22.8. The lowest BCUT2D eigenvalue weighted by atomic mass is 10.1. The number of hydrogen-bond acceptors (Lipinski definition) is 13. The van der Waals surface area contributed by atoms with Gasteiger partial charge in [0.1, 0.15) is 18.0 Å². The molecule has 0 aliphatic carbocycles. The Bertz CT molecular complexity index is 1040.